The summed E-state index contributed by atoms with van der Waals surface area (Å²) in [5, 5.41) is 0.992. The minimum absolute atomic E-state index is 0.251. The lowest BCUT2D eigenvalue weighted by Crippen LogP contribution is -2.45. The first-order chi connectivity index (χ1) is 10.0. The van der Waals surface area contributed by atoms with E-state index in [9.17, 15) is 4.79 Å². The number of hydrogen-bond donors (Lipinski definition) is 0. The zero-order valence-electron chi connectivity index (χ0n) is 13.0. The van der Waals surface area contributed by atoms with Gasteiger partial charge < -0.3 is 4.90 Å². The molecule has 0 unspecified atom stereocenters. The van der Waals surface area contributed by atoms with Crippen LogP contribution in [0.3, 0.4) is 0 Å². The first-order valence-electron chi connectivity index (χ1n) is 7.98. The maximum atomic E-state index is 12.9. The van der Waals surface area contributed by atoms with Gasteiger partial charge in [-0.3, -0.25) is 4.79 Å². The molecule has 0 radical (unpaired) electrons. The van der Waals surface area contributed by atoms with Crippen LogP contribution in [0.5, 0.6) is 0 Å². The summed E-state index contributed by atoms with van der Waals surface area (Å²) >= 11 is 3.73. The number of nitrogens with zero attached hydrogens (tertiary/aromatic N) is 1. The van der Waals surface area contributed by atoms with Crippen molar-refractivity contribution in [3.05, 3.63) is 29.8 Å². The molecule has 1 fully saturated rings. The SMILES string of the molecule is CC1(C)C(=O)N(CC2(CBr)CCCCC2)c2ccccc21. The number of amides is 1. The molecular formula is C18H24BrNO. The first kappa shape index (κ1) is 15.1. The quantitative estimate of drug-likeness (QED) is 0.727. The van der Waals surface area contributed by atoms with E-state index in [-0.39, 0.29) is 11.3 Å². The molecule has 1 aliphatic heterocycles. The fourth-order valence-corrected chi connectivity index (χ4v) is 4.67. The van der Waals surface area contributed by atoms with Crippen molar-refractivity contribution < 1.29 is 4.79 Å². The van der Waals surface area contributed by atoms with Crippen LogP contribution in [0.4, 0.5) is 5.69 Å². The molecule has 1 amide bonds. The molecule has 1 heterocycles. The second-order valence-corrected chi connectivity index (χ2v) is 7.79. The molecule has 3 rings (SSSR count). The lowest BCUT2D eigenvalue weighted by Gasteiger charge is -2.39. The molecule has 0 saturated heterocycles. The molecule has 1 aromatic carbocycles. The van der Waals surface area contributed by atoms with E-state index in [4.69, 9.17) is 0 Å². The van der Waals surface area contributed by atoms with Gasteiger partial charge in [-0.05, 0) is 43.7 Å². The predicted octanol–water partition coefficient (Wildman–Crippen LogP) is 4.66. The third kappa shape index (κ3) is 2.44. The molecular weight excluding hydrogens is 326 g/mol. The van der Waals surface area contributed by atoms with Gasteiger partial charge in [0.2, 0.25) is 5.91 Å². The molecule has 21 heavy (non-hydrogen) atoms. The number of rotatable bonds is 3. The number of benzene rings is 1. The van der Waals surface area contributed by atoms with E-state index in [0.717, 1.165) is 17.6 Å². The van der Waals surface area contributed by atoms with E-state index >= 15 is 0 Å². The number of carbonyl (C=O) groups is 1. The van der Waals surface area contributed by atoms with E-state index < -0.39 is 5.41 Å². The van der Waals surface area contributed by atoms with Crippen molar-refractivity contribution in [2.45, 2.75) is 51.4 Å². The average Bonchev–Trinajstić information content (AvgIpc) is 2.70. The number of alkyl halides is 1. The Bertz CT molecular complexity index is 546. The molecule has 0 spiro atoms. The van der Waals surface area contributed by atoms with E-state index in [1.54, 1.807) is 0 Å². The summed E-state index contributed by atoms with van der Waals surface area (Å²) in [5.41, 5.74) is 2.16. The molecule has 1 aliphatic carbocycles. The fraction of sp³-hybridized carbons (Fsp3) is 0.611. The lowest BCUT2D eigenvalue weighted by atomic mass is 9.75. The number of anilines is 1. The Morgan fingerprint density at radius 3 is 2.48 bits per heavy atom. The lowest BCUT2D eigenvalue weighted by molar-refractivity contribution is -0.122. The zero-order chi connectivity index (χ0) is 15.1. The molecule has 2 aliphatic rings. The smallest absolute Gasteiger partial charge is 0.237 e. The van der Waals surface area contributed by atoms with Crippen LogP contribution in [0, 0.1) is 5.41 Å². The molecule has 1 saturated carbocycles. The molecule has 0 atom stereocenters. The summed E-state index contributed by atoms with van der Waals surface area (Å²) < 4.78 is 0. The van der Waals surface area contributed by atoms with Crippen LogP contribution >= 0.6 is 15.9 Å². The van der Waals surface area contributed by atoms with Crippen molar-refractivity contribution in [1.82, 2.24) is 0 Å². The molecule has 0 bridgehead atoms. The normalized spacial score (nSPS) is 23.2. The fourth-order valence-electron chi connectivity index (χ4n) is 3.93. The van der Waals surface area contributed by atoms with E-state index in [1.807, 2.05) is 12.1 Å². The first-order valence-corrected chi connectivity index (χ1v) is 9.10. The van der Waals surface area contributed by atoms with Crippen LogP contribution in [-0.4, -0.2) is 17.8 Å². The second kappa shape index (κ2) is 5.42. The Morgan fingerprint density at radius 1 is 1.14 bits per heavy atom. The number of carbonyl (C=O) groups excluding carboxylic acids is 1. The van der Waals surface area contributed by atoms with Crippen LogP contribution < -0.4 is 4.90 Å². The van der Waals surface area contributed by atoms with Crippen LogP contribution in [0.2, 0.25) is 0 Å². The van der Waals surface area contributed by atoms with Gasteiger partial charge in [-0.2, -0.15) is 0 Å². The monoisotopic (exact) mass is 349 g/mol. The molecule has 2 nitrogen and oxygen atoms in total. The molecule has 114 valence electrons. The van der Waals surface area contributed by atoms with Crippen molar-refractivity contribution in [3.63, 3.8) is 0 Å². The van der Waals surface area contributed by atoms with E-state index in [2.05, 4.69) is 46.8 Å². The summed E-state index contributed by atoms with van der Waals surface area (Å²) in [7, 11) is 0. The summed E-state index contributed by atoms with van der Waals surface area (Å²) in [6, 6.07) is 8.29. The van der Waals surface area contributed by atoms with Gasteiger partial charge in [0.05, 0.1) is 5.41 Å². The summed E-state index contributed by atoms with van der Waals surface area (Å²) in [4.78, 5) is 15.0. The van der Waals surface area contributed by atoms with Gasteiger partial charge in [-0.25, -0.2) is 0 Å². The van der Waals surface area contributed by atoms with Gasteiger partial charge in [0.1, 0.15) is 0 Å². The van der Waals surface area contributed by atoms with Crippen molar-refractivity contribution in [2.24, 2.45) is 5.41 Å². The minimum Gasteiger partial charge on any atom is -0.311 e. The Morgan fingerprint density at radius 2 is 1.81 bits per heavy atom. The van der Waals surface area contributed by atoms with Crippen molar-refractivity contribution in [3.8, 4) is 0 Å². The van der Waals surface area contributed by atoms with E-state index in [0.29, 0.717) is 0 Å². The van der Waals surface area contributed by atoms with E-state index in [1.165, 1.54) is 37.7 Å². The minimum atomic E-state index is -0.390. The van der Waals surface area contributed by atoms with Crippen LogP contribution in [-0.2, 0) is 10.2 Å². The van der Waals surface area contributed by atoms with Gasteiger partial charge in [0.15, 0.2) is 0 Å². The summed E-state index contributed by atoms with van der Waals surface area (Å²) in [5.74, 6) is 0.259. The molecule has 3 heteroatoms. The zero-order valence-corrected chi connectivity index (χ0v) is 14.6. The standard InChI is InChI=1S/C18H24BrNO/c1-17(2)14-8-4-5-9-15(14)20(16(17)21)13-18(12-19)10-6-3-7-11-18/h4-5,8-9H,3,6-7,10-13H2,1-2H3. The maximum Gasteiger partial charge on any atom is 0.237 e. The highest BCUT2D eigenvalue weighted by molar-refractivity contribution is 9.09. The van der Waals surface area contributed by atoms with Crippen molar-refractivity contribution in [2.75, 3.05) is 16.8 Å². The molecule has 0 aromatic heterocycles. The number of para-hydroxylation sites is 1. The Labute approximate surface area is 136 Å². The Hall–Kier alpha value is -0.830. The number of halogens is 1. The van der Waals surface area contributed by atoms with Gasteiger partial charge in [0.25, 0.3) is 0 Å². The van der Waals surface area contributed by atoms with Crippen LogP contribution in [0.1, 0.15) is 51.5 Å². The highest BCUT2D eigenvalue weighted by Gasteiger charge is 2.46. The Balaban J connectivity index is 1.94. The highest BCUT2D eigenvalue weighted by atomic mass is 79.9. The average molecular weight is 350 g/mol. The van der Waals surface area contributed by atoms with Crippen molar-refractivity contribution >= 4 is 27.5 Å². The second-order valence-electron chi connectivity index (χ2n) is 7.23. The van der Waals surface area contributed by atoms with Crippen LogP contribution in [0.15, 0.2) is 24.3 Å². The molecule has 1 aromatic rings. The number of fused-ring (bicyclic) bond motifs is 1. The van der Waals surface area contributed by atoms with Crippen molar-refractivity contribution in [1.29, 1.82) is 0 Å². The summed E-state index contributed by atoms with van der Waals surface area (Å²) in [6.45, 7) is 4.96. The van der Waals surface area contributed by atoms with Gasteiger partial charge in [-0.15, -0.1) is 0 Å². The van der Waals surface area contributed by atoms with Gasteiger partial charge in [0, 0.05) is 17.6 Å². The number of hydrogen-bond acceptors (Lipinski definition) is 1. The summed E-state index contributed by atoms with van der Waals surface area (Å²) in [6.07, 6.45) is 6.37. The Kier molecular flexibility index (Phi) is 3.89. The third-order valence-corrected chi connectivity index (χ3v) is 6.53. The topological polar surface area (TPSA) is 20.3 Å². The molecule has 0 N–H and O–H groups in total. The predicted molar refractivity (Wildman–Crippen MR) is 91.1 cm³/mol. The third-order valence-electron chi connectivity index (χ3n) is 5.34. The van der Waals surface area contributed by atoms with Gasteiger partial charge in [-0.1, -0.05) is 53.4 Å². The highest BCUT2D eigenvalue weighted by Crippen LogP contribution is 2.45. The maximum absolute atomic E-state index is 12.9. The van der Waals surface area contributed by atoms with Gasteiger partial charge >= 0.3 is 0 Å². The van der Waals surface area contributed by atoms with Crippen LogP contribution in [0.25, 0.3) is 0 Å². The largest absolute Gasteiger partial charge is 0.311 e.